The van der Waals surface area contributed by atoms with E-state index in [0.29, 0.717) is 6.42 Å². The summed E-state index contributed by atoms with van der Waals surface area (Å²) in [4.78, 5) is 14.8. The van der Waals surface area contributed by atoms with E-state index in [2.05, 4.69) is 9.55 Å². The Bertz CT molecular complexity index is 320. The van der Waals surface area contributed by atoms with Gasteiger partial charge in [0.2, 0.25) is 0 Å². The molecule has 14 heavy (non-hydrogen) atoms. The van der Waals surface area contributed by atoms with E-state index in [9.17, 15) is 4.79 Å². The summed E-state index contributed by atoms with van der Waals surface area (Å²) in [5.74, 6) is 0.368. The van der Waals surface area contributed by atoms with Gasteiger partial charge in [-0.1, -0.05) is 0 Å². The van der Waals surface area contributed by atoms with Gasteiger partial charge in [0.05, 0.1) is 12.1 Å². The number of carboxylic acids is 1. The summed E-state index contributed by atoms with van der Waals surface area (Å²) in [5, 5.41) is 8.54. The molecule has 0 saturated carbocycles. The molecule has 0 aliphatic carbocycles. The summed E-state index contributed by atoms with van der Waals surface area (Å²) in [6.45, 7) is 1.04. The van der Waals surface area contributed by atoms with E-state index in [-0.39, 0.29) is 6.42 Å². The molecule has 0 bridgehead atoms. The molecule has 0 aromatic carbocycles. The van der Waals surface area contributed by atoms with Gasteiger partial charge in [0.25, 0.3) is 0 Å². The van der Waals surface area contributed by atoms with Crippen LogP contribution in [0.1, 0.15) is 30.8 Å². The minimum absolute atomic E-state index is 0.177. The molecule has 0 atom stereocenters. The second-order valence-corrected chi connectivity index (χ2v) is 3.69. The maximum Gasteiger partial charge on any atom is 0.303 e. The topological polar surface area (TPSA) is 55.1 Å². The maximum absolute atomic E-state index is 10.4. The third-order valence-electron chi connectivity index (χ3n) is 2.55. The lowest BCUT2D eigenvalue weighted by Crippen LogP contribution is -2.08. The first-order valence-electron chi connectivity index (χ1n) is 5.02. The van der Waals surface area contributed by atoms with Gasteiger partial charge in [-0.2, -0.15) is 0 Å². The molecule has 0 radical (unpaired) electrons. The third kappa shape index (κ3) is 1.95. The largest absolute Gasteiger partial charge is 0.481 e. The molecule has 1 aliphatic rings. The smallest absolute Gasteiger partial charge is 0.303 e. The fraction of sp³-hybridized carbons (Fsp3) is 0.600. The van der Waals surface area contributed by atoms with Gasteiger partial charge >= 0.3 is 5.97 Å². The van der Waals surface area contributed by atoms with E-state index in [0.717, 1.165) is 24.5 Å². The summed E-state index contributed by atoms with van der Waals surface area (Å²) >= 11 is 0. The summed E-state index contributed by atoms with van der Waals surface area (Å²) in [7, 11) is 0. The van der Waals surface area contributed by atoms with Gasteiger partial charge in [-0.25, -0.2) is 4.98 Å². The number of hydrogen-bond donors (Lipinski definition) is 1. The molecule has 4 nitrogen and oxygen atoms in total. The van der Waals surface area contributed by atoms with Crippen LogP contribution >= 0.6 is 0 Å². The Labute approximate surface area is 82.6 Å². The number of aromatic nitrogens is 2. The number of carbonyl (C=O) groups is 1. The van der Waals surface area contributed by atoms with Crippen molar-refractivity contribution in [3.05, 3.63) is 17.7 Å². The van der Waals surface area contributed by atoms with E-state index >= 15 is 0 Å². The van der Waals surface area contributed by atoms with Crippen molar-refractivity contribution in [1.82, 2.24) is 9.55 Å². The van der Waals surface area contributed by atoms with E-state index in [4.69, 9.17) is 5.11 Å². The number of nitrogens with zero attached hydrogens (tertiary/aromatic N) is 2. The summed E-state index contributed by atoms with van der Waals surface area (Å²) in [6, 6.07) is 0. The lowest BCUT2D eigenvalue weighted by molar-refractivity contribution is -0.136. The Hall–Kier alpha value is -1.32. The molecule has 2 rings (SSSR count). The van der Waals surface area contributed by atoms with Crippen LogP contribution in [0.4, 0.5) is 0 Å². The Balaban J connectivity index is 2.04. The predicted octanol–water partition coefficient (Wildman–Crippen LogP) is 1.24. The molecule has 1 aliphatic heterocycles. The molecular weight excluding hydrogens is 180 g/mol. The number of rotatable bonds is 3. The first-order chi connectivity index (χ1) is 6.75. The quantitative estimate of drug-likeness (QED) is 0.787. The molecule has 1 aromatic rings. The van der Waals surface area contributed by atoms with Crippen molar-refractivity contribution in [3.8, 4) is 0 Å². The summed E-state index contributed by atoms with van der Waals surface area (Å²) in [6.07, 6.45) is 6.17. The van der Waals surface area contributed by atoms with Crippen LogP contribution in [0.15, 0.2) is 6.20 Å². The number of fused-ring (bicyclic) bond motifs is 1. The number of aliphatic carboxylic acids is 1. The molecule has 0 saturated heterocycles. The first kappa shape index (κ1) is 9.24. The van der Waals surface area contributed by atoms with E-state index < -0.39 is 5.97 Å². The molecule has 0 unspecified atom stereocenters. The minimum Gasteiger partial charge on any atom is -0.481 e. The van der Waals surface area contributed by atoms with Crippen molar-refractivity contribution >= 4 is 5.97 Å². The molecule has 0 spiro atoms. The minimum atomic E-state index is -0.754. The Kier molecular flexibility index (Phi) is 2.52. The molecular formula is C10H14N2O2. The molecule has 4 heteroatoms. The monoisotopic (exact) mass is 194 g/mol. The number of aryl methyl sites for hydroxylation is 3. The number of carboxylic acid groups (broad SMARTS) is 1. The van der Waals surface area contributed by atoms with Gasteiger partial charge < -0.3 is 9.67 Å². The standard InChI is InChI=1S/C10H14N2O2/c13-10(14)5-4-8-7-12-6-2-1-3-9(12)11-8/h7H,1-6H2,(H,13,14). The van der Waals surface area contributed by atoms with E-state index in [1.165, 1.54) is 12.8 Å². The van der Waals surface area contributed by atoms with Crippen LogP contribution in [-0.4, -0.2) is 20.6 Å². The van der Waals surface area contributed by atoms with Crippen molar-refractivity contribution < 1.29 is 9.90 Å². The fourth-order valence-electron chi connectivity index (χ4n) is 1.83. The fourth-order valence-corrected chi connectivity index (χ4v) is 1.83. The third-order valence-corrected chi connectivity index (χ3v) is 2.55. The van der Waals surface area contributed by atoms with E-state index in [1.807, 2.05) is 6.20 Å². The Morgan fingerprint density at radius 2 is 2.43 bits per heavy atom. The highest BCUT2D eigenvalue weighted by Crippen LogP contribution is 2.15. The van der Waals surface area contributed by atoms with Crippen molar-refractivity contribution in [2.24, 2.45) is 0 Å². The van der Waals surface area contributed by atoms with Crippen molar-refractivity contribution in [2.75, 3.05) is 0 Å². The van der Waals surface area contributed by atoms with Crippen molar-refractivity contribution in [2.45, 2.75) is 38.6 Å². The van der Waals surface area contributed by atoms with Crippen molar-refractivity contribution in [1.29, 1.82) is 0 Å². The molecule has 76 valence electrons. The highest BCUT2D eigenvalue weighted by molar-refractivity contribution is 5.66. The van der Waals surface area contributed by atoms with Crippen LogP contribution in [0.3, 0.4) is 0 Å². The average molecular weight is 194 g/mol. The van der Waals surface area contributed by atoms with E-state index in [1.54, 1.807) is 0 Å². The average Bonchev–Trinajstić information content (AvgIpc) is 2.57. The van der Waals surface area contributed by atoms with Gasteiger partial charge in [-0.15, -0.1) is 0 Å². The van der Waals surface area contributed by atoms with Gasteiger partial charge in [-0.3, -0.25) is 4.79 Å². The van der Waals surface area contributed by atoms with Crippen molar-refractivity contribution in [3.63, 3.8) is 0 Å². The van der Waals surface area contributed by atoms with Crippen LogP contribution in [0.25, 0.3) is 0 Å². The zero-order chi connectivity index (χ0) is 9.97. The lowest BCUT2D eigenvalue weighted by atomic mass is 10.2. The lowest BCUT2D eigenvalue weighted by Gasteiger charge is -2.11. The highest BCUT2D eigenvalue weighted by Gasteiger charge is 2.12. The van der Waals surface area contributed by atoms with Crippen LogP contribution < -0.4 is 0 Å². The molecule has 0 fully saturated rings. The maximum atomic E-state index is 10.4. The molecule has 0 amide bonds. The van der Waals surface area contributed by atoms with Gasteiger partial charge in [0.1, 0.15) is 5.82 Å². The highest BCUT2D eigenvalue weighted by atomic mass is 16.4. The van der Waals surface area contributed by atoms with Gasteiger partial charge in [0, 0.05) is 25.6 Å². The SMILES string of the molecule is O=C(O)CCc1cn2c(n1)CCCC2. The molecule has 1 aromatic heterocycles. The van der Waals surface area contributed by atoms with Crippen LogP contribution in [0, 0.1) is 0 Å². The predicted molar refractivity (Wildman–Crippen MR) is 51.1 cm³/mol. The Morgan fingerprint density at radius 1 is 1.57 bits per heavy atom. The first-order valence-corrected chi connectivity index (χ1v) is 5.02. The normalized spacial score (nSPS) is 15.1. The number of hydrogen-bond acceptors (Lipinski definition) is 2. The second-order valence-electron chi connectivity index (χ2n) is 3.69. The summed E-state index contributed by atoms with van der Waals surface area (Å²) < 4.78 is 2.15. The van der Waals surface area contributed by atoms with Crippen LogP contribution in [0.2, 0.25) is 0 Å². The molecule has 1 N–H and O–H groups in total. The summed E-state index contributed by atoms with van der Waals surface area (Å²) in [5.41, 5.74) is 0.921. The Morgan fingerprint density at radius 3 is 3.14 bits per heavy atom. The molecule has 2 heterocycles. The number of imidazole rings is 1. The van der Waals surface area contributed by atoms with Crippen LogP contribution in [-0.2, 0) is 24.2 Å². The second kappa shape index (κ2) is 3.82. The van der Waals surface area contributed by atoms with Gasteiger partial charge in [0.15, 0.2) is 0 Å². The zero-order valence-electron chi connectivity index (χ0n) is 8.07. The van der Waals surface area contributed by atoms with Gasteiger partial charge in [-0.05, 0) is 12.8 Å². The zero-order valence-corrected chi connectivity index (χ0v) is 8.07. The van der Waals surface area contributed by atoms with Crippen LogP contribution in [0.5, 0.6) is 0 Å².